The first-order valence-corrected chi connectivity index (χ1v) is 10.8. The van der Waals surface area contributed by atoms with Crippen molar-refractivity contribution in [1.82, 2.24) is 0 Å². The van der Waals surface area contributed by atoms with Gasteiger partial charge in [-0.05, 0) is 30.5 Å². The van der Waals surface area contributed by atoms with E-state index in [9.17, 15) is 4.79 Å². The minimum atomic E-state index is -1.73. The lowest BCUT2D eigenvalue weighted by molar-refractivity contribution is -0.113. The van der Waals surface area contributed by atoms with Crippen LogP contribution in [0.2, 0.25) is 18.1 Å². The van der Waals surface area contributed by atoms with Crippen molar-refractivity contribution in [3.8, 4) is 11.8 Å². The van der Waals surface area contributed by atoms with Crippen LogP contribution in [0.3, 0.4) is 0 Å². The maximum Gasteiger partial charge on any atom is 0.205 e. The van der Waals surface area contributed by atoms with Crippen molar-refractivity contribution in [2.75, 3.05) is 6.61 Å². The summed E-state index contributed by atoms with van der Waals surface area (Å²) in [6, 6.07) is 0. The summed E-state index contributed by atoms with van der Waals surface area (Å²) < 4.78 is 5.91. The fourth-order valence-electron chi connectivity index (χ4n) is 1.52. The van der Waals surface area contributed by atoms with Crippen LogP contribution in [0.15, 0.2) is 0 Å². The highest BCUT2D eigenvalue weighted by Gasteiger charge is 2.36. The first-order valence-electron chi connectivity index (χ1n) is 7.86. The van der Waals surface area contributed by atoms with Crippen molar-refractivity contribution < 1.29 is 9.22 Å². The Kier molecular flexibility index (Phi) is 9.08. The number of unbranched alkanes of at least 4 members (excludes halogenated alkanes) is 4. The van der Waals surface area contributed by atoms with Gasteiger partial charge in [0.2, 0.25) is 5.78 Å². The summed E-state index contributed by atoms with van der Waals surface area (Å²) in [6.07, 6.45) is 6.43. The average Bonchev–Trinajstić information content (AvgIpc) is 2.33. The molecule has 0 bridgehead atoms. The number of hydrogen-bond donors (Lipinski definition) is 0. The summed E-state index contributed by atoms with van der Waals surface area (Å²) in [5.74, 6) is 5.64. The Hall–Kier alpha value is -0.593. The second-order valence-electron chi connectivity index (χ2n) is 6.94. The van der Waals surface area contributed by atoms with E-state index in [-0.39, 0.29) is 10.8 Å². The molecule has 0 atom stereocenters. The van der Waals surface area contributed by atoms with Crippen LogP contribution in [-0.2, 0) is 9.22 Å². The van der Waals surface area contributed by atoms with Gasteiger partial charge in [-0.3, -0.25) is 4.79 Å². The Morgan fingerprint density at radius 3 is 2.25 bits per heavy atom. The standard InChI is InChI=1S/C17H32O2Si/c1-7-8-9-10-11-13-16(18)14-12-15-19-20(5,6)17(2,3)4/h7-11,13,15H2,1-6H3. The van der Waals surface area contributed by atoms with E-state index in [1.165, 1.54) is 19.3 Å². The molecule has 0 aromatic rings. The molecular formula is C17H32O2Si. The van der Waals surface area contributed by atoms with E-state index in [2.05, 4.69) is 52.6 Å². The monoisotopic (exact) mass is 296 g/mol. The van der Waals surface area contributed by atoms with Gasteiger partial charge in [-0.2, -0.15) is 0 Å². The van der Waals surface area contributed by atoms with Crippen LogP contribution >= 0.6 is 0 Å². The van der Waals surface area contributed by atoms with Gasteiger partial charge in [-0.15, -0.1) is 0 Å². The minimum Gasteiger partial charge on any atom is -0.406 e. The van der Waals surface area contributed by atoms with Crippen molar-refractivity contribution in [1.29, 1.82) is 0 Å². The fraction of sp³-hybridized carbons (Fsp3) is 0.824. The Bertz CT molecular complexity index is 342. The summed E-state index contributed by atoms with van der Waals surface area (Å²) in [6.45, 7) is 13.6. The van der Waals surface area contributed by atoms with Crippen molar-refractivity contribution in [2.45, 2.75) is 84.4 Å². The second kappa shape index (κ2) is 9.36. The number of rotatable bonds is 8. The van der Waals surface area contributed by atoms with E-state index >= 15 is 0 Å². The molecule has 0 aliphatic rings. The smallest absolute Gasteiger partial charge is 0.205 e. The molecule has 0 aliphatic heterocycles. The third-order valence-corrected chi connectivity index (χ3v) is 8.52. The lowest BCUT2D eigenvalue weighted by Crippen LogP contribution is -2.40. The molecule has 0 saturated heterocycles. The van der Waals surface area contributed by atoms with Crippen molar-refractivity contribution in [3.63, 3.8) is 0 Å². The molecule has 0 spiro atoms. The lowest BCUT2D eigenvalue weighted by Gasteiger charge is -2.35. The number of Topliss-reactive ketones (excluding diaryl/α,β-unsaturated/α-hetero) is 1. The molecule has 20 heavy (non-hydrogen) atoms. The minimum absolute atomic E-state index is 0.0559. The van der Waals surface area contributed by atoms with Gasteiger partial charge in [-0.25, -0.2) is 0 Å². The first kappa shape index (κ1) is 19.4. The van der Waals surface area contributed by atoms with Gasteiger partial charge in [0, 0.05) is 6.42 Å². The third kappa shape index (κ3) is 8.55. The highest BCUT2D eigenvalue weighted by atomic mass is 28.4. The molecule has 0 saturated carbocycles. The predicted octanol–water partition coefficient (Wildman–Crippen LogP) is 4.94. The topological polar surface area (TPSA) is 26.3 Å². The summed E-state index contributed by atoms with van der Waals surface area (Å²) >= 11 is 0. The Balaban J connectivity index is 3.89. The van der Waals surface area contributed by atoms with Crippen LogP contribution in [0.4, 0.5) is 0 Å². The molecule has 0 fully saturated rings. The summed E-state index contributed by atoms with van der Waals surface area (Å²) in [5.41, 5.74) is 0. The van der Waals surface area contributed by atoms with Gasteiger partial charge < -0.3 is 4.43 Å². The molecule has 0 aliphatic carbocycles. The molecule has 0 rings (SSSR count). The fourth-order valence-corrected chi connectivity index (χ4v) is 2.39. The quantitative estimate of drug-likeness (QED) is 0.274. The summed E-state index contributed by atoms with van der Waals surface area (Å²) in [7, 11) is -1.73. The van der Waals surface area contributed by atoms with Crippen LogP contribution < -0.4 is 0 Å². The molecule has 0 unspecified atom stereocenters. The molecule has 3 heteroatoms. The van der Waals surface area contributed by atoms with Crippen LogP contribution in [0, 0.1) is 11.8 Å². The SMILES string of the molecule is CCCCCCCC(=O)C#CCO[Si](C)(C)C(C)(C)C. The zero-order chi connectivity index (χ0) is 15.6. The second-order valence-corrected chi connectivity index (χ2v) is 11.7. The molecule has 0 heterocycles. The molecular weight excluding hydrogens is 264 g/mol. The van der Waals surface area contributed by atoms with Gasteiger partial charge in [0.15, 0.2) is 8.32 Å². The molecule has 0 radical (unpaired) electrons. The predicted molar refractivity (Wildman–Crippen MR) is 89.3 cm³/mol. The van der Waals surface area contributed by atoms with Crippen molar-refractivity contribution >= 4 is 14.1 Å². The highest BCUT2D eigenvalue weighted by molar-refractivity contribution is 6.74. The Labute approximate surface area is 126 Å². The molecule has 0 amide bonds. The van der Waals surface area contributed by atoms with Crippen LogP contribution in [0.5, 0.6) is 0 Å². The zero-order valence-corrected chi connectivity index (χ0v) is 15.3. The first-order chi connectivity index (χ1) is 9.20. The van der Waals surface area contributed by atoms with E-state index in [0.717, 1.165) is 12.8 Å². The molecule has 2 nitrogen and oxygen atoms in total. The normalized spacial score (nSPS) is 11.9. The number of carbonyl (C=O) groups is 1. The van der Waals surface area contributed by atoms with E-state index in [1.807, 2.05) is 0 Å². The van der Waals surface area contributed by atoms with Crippen LogP contribution in [-0.4, -0.2) is 20.7 Å². The van der Waals surface area contributed by atoms with Gasteiger partial charge in [0.05, 0.1) is 6.61 Å². The molecule has 116 valence electrons. The Morgan fingerprint density at radius 1 is 1.10 bits per heavy atom. The largest absolute Gasteiger partial charge is 0.406 e. The third-order valence-electron chi connectivity index (χ3n) is 4.05. The van der Waals surface area contributed by atoms with E-state index < -0.39 is 8.32 Å². The van der Waals surface area contributed by atoms with Crippen molar-refractivity contribution in [3.05, 3.63) is 0 Å². The maximum atomic E-state index is 11.6. The number of carbonyl (C=O) groups excluding carboxylic acids is 1. The van der Waals surface area contributed by atoms with Crippen LogP contribution in [0.1, 0.15) is 66.2 Å². The number of hydrogen-bond acceptors (Lipinski definition) is 2. The number of ketones is 1. The summed E-state index contributed by atoms with van der Waals surface area (Å²) in [4.78, 5) is 11.6. The van der Waals surface area contributed by atoms with Gasteiger partial charge >= 0.3 is 0 Å². The van der Waals surface area contributed by atoms with Crippen molar-refractivity contribution in [2.24, 2.45) is 0 Å². The molecule has 0 aromatic heterocycles. The van der Waals surface area contributed by atoms with Gasteiger partial charge in [0.25, 0.3) is 0 Å². The zero-order valence-electron chi connectivity index (χ0n) is 14.3. The Morgan fingerprint density at radius 2 is 1.70 bits per heavy atom. The van der Waals surface area contributed by atoms with E-state index in [4.69, 9.17) is 4.43 Å². The van der Waals surface area contributed by atoms with E-state index in [0.29, 0.717) is 13.0 Å². The summed E-state index contributed by atoms with van der Waals surface area (Å²) in [5, 5.41) is 0.192. The maximum absolute atomic E-state index is 11.6. The van der Waals surface area contributed by atoms with Gasteiger partial charge in [0.1, 0.15) is 0 Å². The molecule has 0 aromatic carbocycles. The highest BCUT2D eigenvalue weighted by Crippen LogP contribution is 2.36. The lowest BCUT2D eigenvalue weighted by atomic mass is 10.1. The average molecular weight is 297 g/mol. The van der Waals surface area contributed by atoms with Crippen LogP contribution in [0.25, 0.3) is 0 Å². The van der Waals surface area contributed by atoms with Gasteiger partial charge in [-0.1, -0.05) is 59.3 Å². The molecule has 0 N–H and O–H groups in total. The van der Waals surface area contributed by atoms with E-state index in [1.54, 1.807) is 0 Å².